The standard InChI is InChI=1S/C15H19BrN2S/c1-3-8-17-15(9-12-10-19-11(2)18-12)13-6-4-5-7-14(13)16/h4-7,10,15,17H,3,8-9H2,1-2H3. The number of hydrogen-bond acceptors (Lipinski definition) is 3. The van der Waals surface area contributed by atoms with Gasteiger partial charge in [-0.3, -0.25) is 0 Å². The SMILES string of the molecule is CCCNC(Cc1csc(C)n1)c1ccccc1Br. The number of hydrogen-bond donors (Lipinski definition) is 1. The van der Waals surface area contributed by atoms with E-state index in [1.165, 1.54) is 11.3 Å². The second-order valence-corrected chi connectivity index (χ2v) is 6.51. The summed E-state index contributed by atoms with van der Waals surface area (Å²) in [5.74, 6) is 0. The van der Waals surface area contributed by atoms with Crippen LogP contribution in [0.4, 0.5) is 0 Å². The van der Waals surface area contributed by atoms with Gasteiger partial charge in [-0.15, -0.1) is 11.3 Å². The van der Waals surface area contributed by atoms with Crippen molar-refractivity contribution in [1.29, 1.82) is 0 Å². The lowest BCUT2D eigenvalue weighted by atomic mass is 10.0. The Kier molecular flexibility index (Phi) is 5.55. The summed E-state index contributed by atoms with van der Waals surface area (Å²) in [6.45, 7) is 5.27. The van der Waals surface area contributed by atoms with Crippen molar-refractivity contribution in [3.05, 3.63) is 50.4 Å². The van der Waals surface area contributed by atoms with Gasteiger partial charge in [0.25, 0.3) is 0 Å². The third-order valence-electron chi connectivity index (χ3n) is 3.00. The number of thiazole rings is 1. The molecule has 1 heterocycles. The molecular weight excluding hydrogens is 320 g/mol. The molecule has 4 heteroatoms. The van der Waals surface area contributed by atoms with Gasteiger partial charge in [0.2, 0.25) is 0 Å². The van der Waals surface area contributed by atoms with Crippen LogP contribution < -0.4 is 5.32 Å². The lowest BCUT2D eigenvalue weighted by Crippen LogP contribution is -2.24. The zero-order chi connectivity index (χ0) is 13.7. The molecule has 2 rings (SSSR count). The first-order valence-corrected chi connectivity index (χ1v) is 8.26. The molecule has 1 aromatic heterocycles. The summed E-state index contributed by atoms with van der Waals surface area (Å²) >= 11 is 5.37. The van der Waals surface area contributed by atoms with Crippen LogP contribution in [-0.2, 0) is 6.42 Å². The summed E-state index contributed by atoms with van der Waals surface area (Å²) in [5, 5.41) is 6.91. The molecule has 0 fully saturated rings. The van der Waals surface area contributed by atoms with Gasteiger partial charge in [0.1, 0.15) is 0 Å². The van der Waals surface area contributed by atoms with E-state index >= 15 is 0 Å². The van der Waals surface area contributed by atoms with E-state index in [0.717, 1.165) is 28.9 Å². The molecule has 0 spiro atoms. The van der Waals surface area contributed by atoms with Crippen LogP contribution in [0.25, 0.3) is 0 Å². The summed E-state index contributed by atoms with van der Waals surface area (Å²) in [5.41, 5.74) is 2.48. The Bertz CT molecular complexity index is 524. The van der Waals surface area contributed by atoms with E-state index in [9.17, 15) is 0 Å². The Morgan fingerprint density at radius 1 is 1.37 bits per heavy atom. The number of rotatable bonds is 6. The number of halogens is 1. The molecule has 102 valence electrons. The third-order valence-corrected chi connectivity index (χ3v) is 4.55. The Morgan fingerprint density at radius 3 is 2.79 bits per heavy atom. The van der Waals surface area contributed by atoms with Crippen LogP contribution in [0.5, 0.6) is 0 Å². The minimum atomic E-state index is 0.317. The fourth-order valence-corrected chi connectivity index (χ4v) is 3.27. The van der Waals surface area contributed by atoms with Crippen molar-refractivity contribution in [2.45, 2.75) is 32.7 Å². The van der Waals surface area contributed by atoms with Crippen LogP contribution in [-0.4, -0.2) is 11.5 Å². The molecule has 0 saturated heterocycles. The second kappa shape index (κ2) is 7.17. The van der Waals surface area contributed by atoms with Crippen LogP contribution in [0.1, 0.15) is 35.7 Å². The molecule has 0 aliphatic carbocycles. The predicted molar refractivity (Wildman–Crippen MR) is 85.7 cm³/mol. The third kappa shape index (κ3) is 4.13. The number of nitrogens with one attached hydrogen (secondary N) is 1. The lowest BCUT2D eigenvalue weighted by Gasteiger charge is -2.19. The maximum absolute atomic E-state index is 4.58. The van der Waals surface area contributed by atoms with Crippen molar-refractivity contribution in [3.8, 4) is 0 Å². The van der Waals surface area contributed by atoms with Gasteiger partial charge in [-0.25, -0.2) is 4.98 Å². The molecule has 0 amide bonds. The second-order valence-electron chi connectivity index (χ2n) is 4.59. The number of nitrogens with zero attached hydrogens (tertiary/aromatic N) is 1. The van der Waals surface area contributed by atoms with E-state index in [1.807, 2.05) is 0 Å². The number of aryl methyl sites for hydroxylation is 1. The quantitative estimate of drug-likeness (QED) is 0.838. The van der Waals surface area contributed by atoms with Crippen molar-refractivity contribution in [3.63, 3.8) is 0 Å². The van der Waals surface area contributed by atoms with E-state index in [1.54, 1.807) is 11.3 Å². The Hall–Kier alpha value is -0.710. The first-order valence-electron chi connectivity index (χ1n) is 6.59. The molecule has 0 bridgehead atoms. The van der Waals surface area contributed by atoms with Crippen LogP contribution in [0.15, 0.2) is 34.1 Å². The van der Waals surface area contributed by atoms with Gasteiger partial charge in [0, 0.05) is 22.3 Å². The normalized spacial score (nSPS) is 12.6. The smallest absolute Gasteiger partial charge is 0.0897 e. The van der Waals surface area contributed by atoms with E-state index < -0.39 is 0 Å². The average molecular weight is 339 g/mol. The highest BCUT2D eigenvalue weighted by atomic mass is 79.9. The molecule has 1 unspecified atom stereocenters. The van der Waals surface area contributed by atoms with Crippen molar-refractivity contribution >= 4 is 27.3 Å². The van der Waals surface area contributed by atoms with Crippen molar-refractivity contribution in [1.82, 2.24) is 10.3 Å². The molecule has 0 aliphatic heterocycles. The summed E-state index contributed by atoms with van der Waals surface area (Å²) in [7, 11) is 0. The minimum Gasteiger partial charge on any atom is -0.310 e. The van der Waals surface area contributed by atoms with Gasteiger partial charge < -0.3 is 5.32 Å². The van der Waals surface area contributed by atoms with Crippen molar-refractivity contribution in [2.75, 3.05) is 6.54 Å². The highest BCUT2D eigenvalue weighted by Crippen LogP contribution is 2.26. The fraction of sp³-hybridized carbons (Fsp3) is 0.400. The first-order chi connectivity index (χ1) is 9.20. The maximum Gasteiger partial charge on any atom is 0.0897 e. The molecule has 1 atom stereocenters. The Labute approximate surface area is 127 Å². The highest BCUT2D eigenvalue weighted by molar-refractivity contribution is 9.10. The highest BCUT2D eigenvalue weighted by Gasteiger charge is 2.15. The van der Waals surface area contributed by atoms with Gasteiger partial charge in [0.05, 0.1) is 10.7 Å². The predicted octanol–water partition coefficient (Wildman–Crippen LogP) is 4.50. The summed E-state index contributed by atoms with van der Waals surface area (Å²) in [6.07, 6.45) is 2.07. The topological polar surface area (TPSA) is 24.9 Å². The molecule has 1 N–H and O–H groups in total. The van der Waals surface area contributed by atoms with Crippen molar-refractivity contribution < 1.29 is 0 Å². The molecular formula is C15H19BrN2S. The summed E-state index contributed by atoms with van der Waals surface area (Å²) in [4.78, 5) is 4.58. The van der Waals surface area contributed by atoms with E-state index in [2.05, 4.69) is 69.7 Å². The van der Waals surface area contributed by atoms with Gasteiger partial charge in [-0.05, 0) is 31.5 Å². The molecule has 1 aromatic carbocycles. The fourth-order valence-electron chi connectivity index (χ4n) is 2.08. The average Bonchev–Trinajstić information content (AvgIpc) is 2.81. The summed E-state index contributed by atoms with van der Waals surface area (Å²) in [6, 6.07) is 8.74. The van der Waals surface area contributed by atoms with Crippen LogP contribution in [0.3, 0.4) is 0 Å². The monoisotopic (exact) mass is 338 g/mol. The molecule has 2 aromatic rings. The Morgan fingerprint density at radius 2 is 2.16 bits per heavy atom. The van der Waals surface area contributed by atoms with E-state index in [0.29, 0.717) is 6.04 Å². The first kappa shape index (κ1) is 14.7. The summed E-state index contributed by atoms with van der Waals surface area (Å²) < 4.78 is 1.16. The minimum absolute atomic E-state index is 0.317. The zero-order valence-electron chi connectivity index (χ0n) is 11.3. The Balaban J connectivity index is 2.18. The molecule has 0 radical (unpaired) electrons. The van der Waals surface area contributed by atoms with E-state index in [-0.39, 0.29) is 0 Å². The number of benzene rings is 1. The van der Waals surface area contributed by atoms with Gasteiger partial charge in [-0.2, -0.15) is 0 Å². The van der Waals surface area contributed by atoms with Crippen LogP contribution in [0, 0.1) is 6.92 Å². The van der Waals surface area contributed by atoms with Crippen LogP contribution >= 0.6 is 27.3 Å². The molecule has 0 aliphatic rings. The van der Waals surface area contributed by atoms with E-state index in [4.69, 9.17) is 0 Å². The van der Waals surface area contributed by atoms with Crippen LogP contribution in [0.2, 0.25) is 0 Å². The number of aromatic nitrogens is 1. The largest absolute Gasteiger partial charge is 0.310 e. The zero-order valence-corrected chi connectivity index (χ0v) is 13.7. The molecule has 2 nitrogen and oxygen atoms in total. The van der Waals surface area contributed by atoms with Crippen molar-refractivity contribution in [2.24, 2.45) is 0 Å². The van der Waals surface area contributed by atoms with Gasteiger partial charge in [-0.1, -0.05) is 41.1 Å². The molecule has 19 heavy (non-hydrogen) atoms. The maximum atomic E-state index is 4.58. The molecule has 0 saturated carbocycles. The van der Waals surface area contributed by atoms with Gasteiger partial charge >= 0.3 is 0 Å². The van der Waals surface area contributed by atoms with Gasteiger partial charge in [0.15, 0.2) is 0 Å². The lowest BCUT2D eigenvalue weighted by molar-refractivity contribution is 0.523.